The van der Waals surface area contributed by atoms with Gasteiger partial charge in [0.15, 0.2) is 0 Å². The summed E-state index contributed by atoms with van der Waals surface area (Å²) in [5, 5.41) is 0. The molecule has 3 fully saturated rings. The quantitative estimate of drug-likeness (QED) is 0.681. The van der Waals surface area contributed by atoms with E-state index in [0.29, 0.717) is 12.5 Å². The molecule has 0 saturated carbocycles. The summed E-state index contributed by atoms with van der Waals surface area (Å²) in [4.78, 5) is 32.9. The summed E-state index contributed by atoms with van der Waals surface area (Å²) in [5.74, 6) is 0.0666. The maximum atomic E-state index is 13.4. The number of nitrogens with zero attached hydrogens (tertiary/aromatic N) is 3. The molecule has 2 amide bonds. The number of likely N-dealkylation sites (tertiary alicyclic amines) is 1. The summed E-state index contributed by atoms with van der Waals surface area (Å²) < 4.78 is 6.28. The van der Waals surface area contributed by atoms with E-state index in [1.54, 1.807) is 0 Å². The van der Waals surface area contributed by atoms with Gasteiger partial charge in [0.1, 0.15) is 5.60 Å². The van der Waals surface area contributed by atoms with E-state index >= 15 is 0 Å². The lowest BCUT2D eigenvalue weighted by Crippen LogP contribution is -2.47. The highest BCUT2D eigenvalue weighted by Crippen LogP contribution is 2.52. The second-order valence-electron chi connectivity index (χ2n) is 8.78. The Bertz CT molecular complexity index is 632. The van der Waals surface area contributed by atoms with Crippen molar-refractivity contribution in [2.75, 3.05) is 46.3 Å². The van der Waals surface area contributed by atoms with Crippen LogP contribution in [0.4, 0.5) is 0 Å². The molecule has 0 radical (unpaired) electrons. The molecule has 4 atom stereocenters. The van der Waals surface area contributed by atoms with Crippen molar-refractivity contribution in [2.45, 2.75) is 44.8 Å². The normalized spacial score (nSPS) is 36.0. The average molecular weight is 376 g/mol. The van der Waals surface area contributed by atoms with Crippen LogP contribution in [0.5, 0.6) is 0 Å². The van der Waals surface area contributed by atoms with Crippen LogP contribution >= 0.6 is 0 Å². The van der Waals surface area contributed by atoms with Gasteiger partial charge in [0.25, 0.3) is 0 Å². The van der Waals surface area contributed by atoms with Crippen molar-refractivity contribution in [1.29, 1.82) is 0 Å². The third-order valence-corrected chi connectivity index (χ3v) is 7.13. The molecule has 0 aromatic carbocycles. The van der Waals surface area contributed by atoms with Gasteiger partial charge in [-0.2, -0.15) is 0 Å². The number of amides is 2. The van der Waals surface area contributed by atoms with Gasteiger partial charge in [-0.05, 0) is 25.9 Å². The van der Waals surface area contributed by atoms with Crippen LogP contribution < -0.4 is 0 Å². The van der Waals surface area contributed by atoms with Crippen molar-refractivity contribution >= 4 is 11.8 Å². The minimum Gasteiger partial charge on any atom is -0.360 e. The lowest BCUT2D eigenvalue weighted by atomic mass is 9.76. The van der Waals surface area contributed by atoms with E-state index in [-0.39, 0.29) is 29.8 Å². The fourth-order valence-corrected chi connectivity index (χ4v) is 5.35. The Morgan fingerprint density at radius 1 is 1.26 bits per heavy atom. The van der Waals surface area contributed by atoms with Gasteiger partial charge in [0.2, 0.25) is 11.8 Å². The number of rotatable bonds is 5. The first kappa shape index (κ1) is 18.9. The van der Waals surface area contributed by atoms with Crippen molar-refractivity contribution in [3.63, 3.8) is 0 Å². The van der Waals surface area contributed by atoms with E-state index in [9.17, 15) is 9.59 Å². The smallest absolute Gasteiger partial charge is 0.230 e. The van der Waals surface area contributed by atoms with E-state index in [1.165, 1.54) is 0 Å². The second-order valence-corrected chi connectivity index (χ2v) is 8.78. The van der Waals surface area contributed by atoms with E-state index in [1.807, 2.05) is 15.9 Å². The first-order chi connectivity index (χ1) is 13.0. The average Bonchev–Trinajstić information content (AvgIpc) is 3.23. The minimum atomic E-state index is -0.573. The number of fused-ring (bicyclic) bond motifs is 1. The number of ether oxygens (including phenoxy) is 1. The molecule has 2 bridgehead atoms. The summed E-state index contributed by atoms with van der Waals surface area (Å²) in [6.45, 7) is 9.17. The number of carbonyl (C=O) groups is 2. The predicted molar refractivity (Wildman–Crippen MR) is 103 cm³/mol. The highest BCUT2D eigenvalue weighted by atomic mass is 16.5. The van der Waals surface area contributed by atoms with Crippen molar-refractivity contribution in [3.8, 4) is 0 Å². The van der Waals surface area contributed by atoms with Crippen molar-refractivity contribution < 1.29 is 14.3 Å². The van der Waals surface area contributed by atoms with Gasteiger partial charge in [-0.3, -0.25) is 9.59 Å². The van der Waals surface area contributed by atoms with Gasteiger partial charge in [-0.25, -0.2) is 0 Å². The molecule has 0 unspecified atom stereocenters. The maximum absolute atomic E-state index is 13.4. The van der Waals surface area contributed by atoms with Crippen LogP contribution in [-0.4, -0.2) is 84.5 Å². The van der Waals surface area contributed by atoms with Crippen LogP contribution in [0.25, 0.3) is 0 Å². The predicted octanol–water partition coefficient (Wildman–Crippen LogP) is 1.37. The highest BCUT2D eigenvalue weighted by molar-refractivity contribution is 5.93. The zero-order chi connectivity index (χ0) is 19.2. The van der Waals surface area contributed by atoms with Crippen LogP contribution in [0.1, 0.15) is 33.1 Å². The minimum absolute atomic E-state index is 0.115. The molecular weight excluding hydrogens is 342 g/mol. The molecule has 4 rings (SSSR count). The first-order valence-corrected chi connectivity index (χ1v) is 10.6. The fraction of sp³-hybridized carbons (Fsp3) is 0.810. The van der Waals surface area contributed by atoms with E-state index < -0.39 is 5.60 Å². The van der Waals surface area contributed by atoms with Crippen LogP contribution in [-0.2, 0) is 14.3 Å². The largest absolute Gasteiger partial charge is 0.360 e. The van der Waals surface area contributed by atoms with Crippen LogP contribution in [0, 0.1) is 17.8 Å². The lowest BCUT2D eigenvalue weighted by molar-refractivity contribution is -0.143. The molecule has 4 aliphatic rings. The molecule has 0 aliphatic carbocycles. The molecule has 27 heavy (non-hydrogen) atoms. The van der Waals surface area contributed by atoms with Crippen LogP contribution in [0.3, 0.4) is 0 Å². The summed E-state index contributed by atoms with van der Waals surface area (Å²) in [5.41, 5.74) is -0.573. The molecule has 0 N–H and O–H groups in total. The summed E-state index contributed by atoms with van der Waals surface area (Å²) in [7, 11) is 2.10. The molecule has 4 aliphatic heterocycles. The molecule has 3 saturated heterocycles. The monoisotopic (exact) mass is 375 g/mol. The molecule has 6 heteroatoms. The lowest BCUT2D eigenvalue weighted by Gasteiger charge is -2.29. The summed E-state index contributed by atoms with van der Waals surface area (Å²) in [6.07, 6.45) is 6.98. The molecule has 4 heterocycles. The Kier molecular flexibility index (Phi) is 5.06. The molecule has 0 aromatic rings. The fourth-order valence-electron chi connectivity index (χ4n) is 5.35. The van der Waals surface area contributed by atoms with Gasteiger partial charge in [-0.1, -0.05) is 38.8 Å². The number of hydrogen-bond acceptors (Lipinski definition) is 4. The van der Waals surface area contributed by atoms with Gasteiger partial charge < -0.3 is 19.4 Å². The van der Waals surface area contributed by atoms with Gasteiger partial charge in [-0.15, -0.1) is 0 Å². The number of carbonyl (C=O) groups excluding carboxylic acids is 2. The van der Waals surface area contributed by atoms with Crippen LogP contribution in [0.2, 0.25) is 0 Å². The Labute approximate surface area is 162 Å². The third-order valence-electron chi connectivity index (χ3n) is 7.13. The van der Waals surface area contributed by atoms with E-state index in [4.69, 9.17) is 4.74 Å². The molecule has 6 nitrogen and oxygen atoms in total. The molecule has 1 spiro atoms. The zero-order valence-electron chi connectivity index (χ0n) is 16.9. The maximum Gasteiger partial charge on any atom is 0.230 e. The van der Waals surface area contributed by atoms with E-state index in [0.717, 1.165) is 52.0 Å². The van der Waals surface area contributed by atoms with Gasteiger partial charge in [0.05, 0.1) is 24.5 Å². The Morgan fingerprint density at radius 3 is 2.78 bits per heavy atom. The van der Waals surface area contributed by atoms with Crippen LogP contribution in [0.15, 0.2) is 12.2 Å². The Morgan fingerprint density at radius 2 is 2.04 bits per heavy atom. The SMILES string of the molecule is CCC(CC)CN1C[C@]23C=C[C@H](O2)[C@@H](C(=O)N2CCCN(C)CC2)[C@@H]3C1=O. The summed E-state index contributed by atoms with van der Waals surface area (Å²) >= 11 is 0. The first-order valence-electron chi connectivity index (χ1n) is 10.6. The number of likely N-dealkylation sites (N-methyl/N-ethyl adjacent to an activating group) is 1. The topological polar surface area (TPSA) is 53.1 Å². The third kappa shape index (κ3) is 3.11. The second kappa shape index (κ2) is 7.21. The Hall–Kier alpha value is -1.40. The van der Waals surface area contributed by atoms with Crippen molar-refractivity contribution in [1.82, 2.24) is 14.7 Å². The molecular formula is C21H33N3O3. The summed E-state index contributed by atoms with van der Waals surface area (Å²) in [6, 6.07) is 0. The zero-order valence-corrected chi connectivity index (χ0v) is 16.9. The van der Waals surface area contributed by atoms with Gasteiger partial charge in [0, 0.05) is 26.2 Å². The van der Waals surface area contributed by atoms with E-state index in [2.05, 4.69) is 31.9 Å². The molecule has 0 aromatic heterocycles. The number of hydrogen-bond donors (Lipinski definition) is 0. The standard InChI is InChI=1S/C21H33N3O3/c1-4-15(5-2)13-24-14-21-8-7-16(27-21)17(18(21)20(24)26)19(25)23-10-6-9-22(3)11-12-23/h7-8,15-18H,4-6,9-14H2,1-3H3/t16-,17+,18+,21-/m0/s1. The van der Waals surface area contributed by atoms with Crippen molar-refractivity contribution in [3.05, 3.63) is 12.2 Å². The molecule has 150 valence electrons. The van der Waals surface area contributed by atoms with Crippen molar-refractivity contribution in [2.24, 2.45) is 17.8 Å². The van der Waals surface area contributed by atoms with Gasteiger partial charge >= 0.3 is 0 Å². The highest BCUT2D eigenvalue weighted by Gasteiger charge is 2.67. The Balaban J connectivity index is 1.53.